The third kappa shape index (κ3) is 5.67. The molecule has 0 aromatic heterocycles. The van der Waals surface area contributed by atoms with E-state index >= 15 is 0 Å². The van der Waals surface area contributed by atoms with Crippen molar-refractivity contribution in [3.63, 3.8) is 0 Å². The Kier molecular flexibility index (Phi) is 7.64. The van der Waals surface area contributed by atoms with E-state index in [0.717, 1.165) is 44.1 Å². The highest BCUT2D eigenvalue weighted by Crippen LogP contribution is 2.42. The van der Waals surface area contributed by atoms with Gasteiger partial charge in [0, 0.05) is 18.0 Å². The largest absolute Gasteiger partial charge is 0.484 e. The number of benzene rings is 1. The van der Waals surface area contributed by atoms with Crippen molar-refractivity contribution in [2.24, 2.45) is 23.5 Å². The highest BCUT2D eigenvalue weighted by molar-refractivity contribution is 5.85. The summed E-state index contributed by atoms with van der Waals surface area (Å²) in [6.07, 6.45) is 7.56. The highest BCUT2D eigenvalue weighted by atomic mass is 35.5. The van der Waals surface area contributed by atoms with Crippen molar-refractivity contribution in [2.75, 3.05) is 6.61 Å². The summed E-state index contributed by atoms with van der Waals surface area (Å²) in [6.45, 7) is 2.04. The molecule has 6 nitrogen and oxygen atoms in total. The summed E-state index contributed by atoms with van der Waals surface area (Å²) in [5, 5.41) is 6.09. The van der Waals surface area contributed by atoms with Crippen LogP contribution in [0.15, 0.2) is 24.3 Å². The van der Waals surface area contributed by atoms with Crippen molar-refractivity contribution in [1.29, 1.82) is 0 Å². The minimum atomic E-state index is -0.0748. The quantitative estimate of drug-likeness (QED) is 0.613. The Hall–Kier alpha value is -1.79. The first-order chi connectivity index (χ1) is 14.0. The molecule has 2 bridgehead atoms. The van der Waals surface area contributed by atoms with Crippen molar-refractivity contribution >= 4 is 24.2 Å². The minimum absolute atomic E-state index is 0. The molecule has 1 aromatic carbocycles. The molecule has 3 aliphatic rings. The number of carbonyl (C=O) groups is 2. The number of nitrogens with two attached hydrogens (primary N) is 1. The molecule has 3 atom stereocenters. The SMILES string of the molecule is CC(NC(=O)C1CC2CCCC(C1)C2N)c1ccc(OCC(=O)NC2CC2)cc1.Cl. The monoisotopic (exact) mass is 435 g/mol. The lowest BCUT2D eigenvalue weighted by Gasteiger charge is -2.43. The first kappa shape index (κ1) is 22.9. The summed E-state index contributed by atoms with van der Waals surface area (Å²) in [6, 6.07) is 8.17. The average molecular weight is 436 g/mol. The molecular formula is C23H34ClN3O3. The first-order valence-electron chi connectivity index (χ1n) is 11.1. The fraction of sp³-hybridized carbons (Fsp3) is 0.652. The second kappa shape index (κ2) is 10.0. The van der Waals surface area contributed by atoms with E-state index in [2.05, 4.69) is 10.6 Å². The van der Waals surface area contributed by atoms with Gasteiger partial charge in [-0.3, -0.25) is 9.59 Å². The van der Waals surface area contributed by atoms with Gasteiger partial charge in [0.15, 0.2) is 6.61 Å². The highest BCUT2D eigenvalue weighted by Gasteiger charge is 2.40. The maximum atomic E-state index is 12.8. The average Bonchev–Trinajstić information content (AvgIpc) is 3.50. The Balaban J connectivity index is 0.00000256. The predicted molar refractivity (Wildman–Crippen MR) is 118 cm³/mol. The zero-order valence-electron chi connectivity index (χ0n) is 17.6. The molecule has 166 valence electrons. The molecule has 1 aromatic rings. The van der Waals surface area contributed by atoms with Crippen LogP contribution in [0.4, 0.5) is 0 Å². The maximum absolute atomic E-state index is 12.8. The van der Waals surface area contributed by atoms with E-state index in [9.17, 15) is 9.59 Å². The fourth-order valence-electron chi connectivity index (χ4n) is 4.92. The molecule has 0 radical (unpaired) electrons. The van der Waals surface area contributed by atoms with Crippen LogP contribution < -0.4 is 21.1 Å². The lowest BCUT2D eigenvalue weighted by Crippen LogP contribution is -2.49. The van der Waals surface area contributed by atoms with Crippen LogP contribution in [0.2, 0.25) is 0 Å². The molecule has 3 saturated carbocycles. The van der Waals surface area contributed by atoms with Crippen molar-refractivity contribution in [3.8, 4) is 5.75 Å². The molecule has 3 aliphatic carbocycles. The van der Waals surface area contributed by atoms with E-state index in [0.29, 0.717) is 23.6 Å². The second-order valence-electron chi connectivity index (χ2n) is 9.13. The van der Waals surface area contributed by atoms with Gasteiger partial charge in [0.1, 0.15) is 5.75 Å². The van der Waals surface area contributed by atoms with Crippen LogP contribution in [-0.4, -0.2) is 30.5 Å². The third-order valence-electron chi connectivity index (χ3n) is 6.84. The number of hydrogen-bond acceptors (Lipinski definition) is 4. The van der Waals surface area contributed by atoms with Gasteiger partial charge in [0.2, 0.25) is 5.91 Å². The van der Waals surface area contributed by atoms with Crippen molar-refractivity contribution in [3.05, 3.63) is 29.8 Å². The normalized spacial score (nSPS) is 28.6. The summed E-state index contributed by atoms with van der Waals surface area (Å²) in [5.41, 5.74) is 7.38. The third-order valence-corrected chi connectivity index (χ3v) is 6.84. The van der Waals surface area contributed by atoms with Crippen LogP contribution >= 0.6 is 12.4 Å². The zero-order chi connectivity index (χ0) is 20.4. The number of hydrogen-bond donors (Lipinski definition) is 3. The van der Waals surface area contributed by atoms with Gasteiger partial charge in [-0.1, -0.05) is 18.6 Å². The van der Waals surface area contributed by atoms with E-state index in [4.69, 9.17) is 10.5 Å². The molecule has 0 heterocycles. The number of ether oxygens (including phenoxy) is 1. The fourth-order valence-corrected chi connectivity index (χ4v) is 4.92. The summed E-state index contributed by atoms with van der Waals surface area (Å²) >= 11 is 0. The van der Waals surface area contributed by atoms with Crippen LogP contribution in [0.3, 0.4) is 0 Å². The Bertz CT molecular complexity index is 724. The molecule has 3 unspecified atom stereocenters. The summed E-state index contributed by atoms with van der Waals surface area (Å²) < 4.78 is 5.55. The number of carbonyl (C=O) groups excluding carboxylic acids is 2. The number of amides is 2. The van der Waals surface area contributed by atoms with Gasteiger partial charge in [-0.2, -0.15) is 0 Å². The Morgan fingerprint density at radius 2 is 1.73 bits per heavy atom. The molecule has 7 heteroatoms. The van der Waals surface area contributed by atoms with E-state index in [1.165, 1.54) is 6.42 Å². The van der Waals surface area contributed by atoms with Gasteiger partial charge >= 0.3 is 0 Å². The maximum Gasteiger partial charge on any atom is 0.258 e. The van der Waals surface area contributed by atoms with Gasteiger partial charge in [-0.15, -0.1) is 12.4 Å². The molecule has 3 fully saturated rings. The van der Waals surface area contributed by atoms with Gasteiger partial charge in [0.05, 0.1) is 6.04 Å². The van der Waals surface area contributed by atoms with Crippen molar-refractivity contribution in [1.82, 2.24) is 10.6 Å². The first-order valence-corrected chi connectivity index (χ1v) is 11.1. The van der Waals surface area contributed by atoms with Crippen LogP contribution in [0.5, 0.6) is 5.75 Å². The molecule has 2 amide bonds. The van der Waals surface area contributed by atoms with Gasteiger partial charge < -0.3 is 21.1 Å². The van der Waals surface area contributed by atoms with Crippen molar-refractivity contribution < 1.29 is 14.3 Å². The number of fused-ring (bicyclic) bond motifs is 2. The van der Waals surface area contributed by atoms with Gasteiger partial charge in [0.25, 0.3) is 5.91 Å². The molecule has 0 aliphatic heterocycles. The molecule has 4 N–H and O–H groups in total. The lowest BCUT2D eigenvalue weighted by molar-refractivity contribution is -0.128. The summed E-state index contributed by atoms with van der Waals surface area (Å²) in [7, 11) is 0. The number of rotatable bonds is 7. The van der Waals surface area contributed by atoms with Crippen LogP contribution in [0, 0.1) is 17.8 Å². The summed E-state index contributed by atoms with van der Waals surface area (Å²) in [5.74, 6) is 1.82. The molecule has 4 rings (SSSR count). The van der Waals surface area contributed by atoms with E-state index in [1.807, 2.05) is 31.2 Å². The number of nitrogens with one attached hydrogen (secondary N) is 2. The van der Waals surface area contributed by atoms with Crippen LogP contribution in [-0.2, 0) is 9.59 Å². The second-order valence-corrected chi connectivity index (χ2v) is 9.13. The molecular weight excluding hydrogens is 402 g/mol. The Morgan fingerprint density at radius 1 is 1.10 bits per heavy atom. The lowest BCUT2D eigenvalue weighted by atomic mass is 9.65. The Labute approximate surface area is 185 Å². The topological polar surface area (TPSA) is 93.5 Å². The van der Waals surface area contributed by atoms with E-state index in [1.54, 1.807) is 0 Å². The predicted octanol–water partition coefficient (Wildman–Crippen LogP) is 3.10. The van der Waals surface area contributed by atoms with Crippen LogP contribution in [0.25, 0.3) is 0 Å². The van der Waals surface area contributed by atoms with Crippen LogP contribution in [0.1, 0.15) is 63.5 Å². The summed E-state index contributed by atoms with van der Waals surface area (Å²) in [4.78, 5) is 24.6. The standard InChI is InChI=1S/C23H33N3O3.ClH/c1-14(25-23(28)18-11-16-3-2-4-17(12-18)22(16)24)15-5-9-20(10-6-15)29-13-21(27)26-19-7-8-19;/h5-6,9-10,14,16-19,22H,2-4,7-8,11-13,24H2,1H3,(H,25,28)(H,26,27);1H. The van der Waals surface area contributed by atoms with E-state index < -0.39 is 0 Å². The van der Waals surface area contributed by atoms with Gasteiger partial charge in [-0.05, 0) is 75.0 Å². The van der Waals surface area contributed by atoms with Crippen molar-refractivity contribution in [2.45, 2.75) is 70.0 Å². The Morgan fingerprint density at radius 3 is 2.33 bits per heavy atom. The minimum Gasteiger partial charge on any atom is -0.484 e. The van der Waals surface area contributed by atoms with E-state index in [-0.39, 0.29) is 48.8 Å². The zero-order valence-corrected chi connectivity index (χ0v) is 18.5. The molecule has 30 heavy (non-hydrogen) atoms. The molecule has 0 saturated heterocycles. The smallest absolute Gasteiger partial charge is 0.258 e. The number of halogens is 1. The molecule has 0 spiro atoms. The van der Waals surface area contributed by atoms with Gasteiger partial charge in [-0.25, -0.2) is 0 Å².